The SMILES string of the molecule is COc1cc(CNc2nc(N[C@H]3CC[C@H](N)CC3)nc3c2ncn3C2CCCC2)cc(OC)c1.Cl.Cl. The van der Waals surface area contributed by atoms with Crippen molar-refractivity contribution in [2.45, 2.75) is 76.0 Å². The van der Waals surface area contributed by atoms with Gasteiger partial charge in [-0.1, -0.05) is 12.8 Å². The molecule has 2 saturated carbocycles. The van der Waals surface area contributed by atoms with Crippen LogP contribution in [-0.2, 0) is 6.54 Å². The van der Waals surface area contributed by atoms with Crippen LogP contribution in [-0.4, -0.2) is 45.8 Å². The number of fused-ring (bicyclic) bond motifs is 1. The van der Waals surface area contributed by atoms with Gasteiger partial charge in [-0.3, -0.25) is 0 Å². The first kappa shape index (κ1) is 28.1. The summed E-state index contributed by atoms with van der Waals surface area (Å²) in [5, 5.41) is 7.07. The third-order valence-corrected chi connectivity index (χ3v) is 7.12. The molecule has 2 aliphatic carbocycles. The van der Waals surface area contributed by atoms with Gasteiger partial charge in [0.2, 0.25) is 5.95 Å². The van der Waals surface area contributed by atoms with Crippen LogP contribution >= 0.6 is 24.8 Å². The maximum Gasteiger partial charge on any atom is 0.227 e. The van der Waals surface area contributed by atoms with E-state index in [1.807, 2.05) is 24.5 Å². The van der Waals surface area contributed by atoms with Gasteiger partial charge in [0.1, 0.15) is 11.5 Å². The van der Waals surface area contributed by atoms with Crippen LogP contribution in [0.1, 0.15) is 63.0 Å². The highest BCUT2D eigenvalue weighted by molar-refractivity contribution is 5.86. The summed E-state index contributed by atoms with van der Waals surface area (Å²) in [7, 11) is 3.32. The van der Waals surface area contributed by atoms with Crippen LogP contribution in [0.3, 0.4) is 0 Å². The van der Waals surface area contributed by atoms with E-state index in [0.717, 1.165) is 59.7 Å². The average molecular weight is 539 g/mol. The van der Waals surface area contributed by atoms with Crippen molar-refractivity contribution in [3.8, 4) is 11.5 Å². The van der Waals surface area contributed by atoms with Crippen molar-refractivity contribution in [2.24, 2.45) is 5.73 Å². The number of aromatic nitrogens is 4. The summed E-state index contributed by atoms with van der Waals surface area (Å²) in [6.45, 7) is 0.563. The van der Waals surface area contributed by atoms with Crippen molar-refractivity contribution in [2.75, 3.05) is 24.9 Å². The van der Waals surface area contributed by atoms with Gasteiger partial charge in [-0.05, 0) is 56.2 Å². The van der Waals surface area contributed by atoms with Crippen LogP contribution in [0.5, 0.6) is 11.5 Å². The molecular formula is C25H37Cl2N7O2. The normalized spacial score (nSPS) is 19.9. The lowest BCUT2D eigenvalue weighted by atomic mass is 9.92. The molecule has 0 spiro atoms. The van der Waals surface area contributed by atoms with Crippen LogP contribution in [0, 0.1) is 0 Å². The van der Waals surface area contributed by atoms with Crippen molar-refractivity contribution in [3.05, 3.63) is 30.1 Å². The van der Waals surface area contributed by atoms with Crippen molar-refractivity contribution >= 4 is 47.7 Å². The molecule has 11 heteroatoms. The third kappa shape index (κ3) is 6.25. The lowest BCUT2D eigenvalue weighted by molar-refractivity contribution is 0.393. The largest absolute Gasteiger partial charge is 0.497 e. The van der Waals surface area contributed by atoms with E-state index in [4.69, 9.17) is 30.2 Å². The number of anilines is 2. The minimum atomic E-state index is 0. The molecular weight excluding hydrogens is 501 g/mol. The van der Waals surface area contributed by atoms with Crippen molar-refractivity contribution in [1.82, 2.24) is 19.5 Å². The number of hydrogen-bond acceptors (Lipinski definition) is 8. The summed E-state index contributed by atoms with van der Waals surface area (Å²) in [5.74, 6) is 2.90. The fourth-order valence-electron chi connectivity index (χ4n) is 5.15. The highest BCUT2D eigenvalue weighted by atomic mass is 35.5. The fraction of sp³-hybridized carbons (Fsp3) is 0.560. The summed E-state index contributed by atoms with van der Waals surface area (Å²) in [6, 6.07) is 6.97. The molecule has 2 aliphatic rings. The molecule has 0 amide bonds. The first-order chi connectivity index (χ1) is 16.6. The molecule has 5 rings (SSSR count). The second-order valence-electron chi connectivity index (χ2n) is 9.49. The van der Waals surface area contributed by atoms with Crippen molar-refractivity contribution in [1.29, 1.82) is 0 Å². The second-order valence-corrected chi connectivity index (χ2v) is 9.49. The number of halogens is 2. The Kier molecular flexibility index (Phi) is 9.87. The molecule has 36 heavy (non-hydrogen) atoms. The minimum Gasteiger partial charge on any atom is -0.497 e. The summed E-state index contributed by atoms with van der Waals surface area (Å²) in [4.78, 5) is 14.5. The Labute approximate surface area is 224 Å². The number of imidazole rings is 1. The Balaban J connectivity index is 0.00000180. The predicted octanol–water partition coefficient (Wildman–Crippen LogP) is 5.10. The molecule has 4 N–H and O–H groups in total. The molecule has 2 fully saturated rings. The van der Waals surface area contributed by atoms with Crippen molar-refractivity contribution < 1.29 is 9.47 Å². The summed E-state index contributed by atoms with van der Waals surface area (Å²) < 4.78 is 13.1. The summed E-state index contributed by atoms with van der Waals surface area (Å²) in [5.41, 5.74) is 8.83. The first-order valence-corrected chi connectivity index (χ1v) is 12.4. The number of nitrogens with two attached hydrogens (primary N) is 1. The van der Waals surface area contributed by atoms with Gasteiger partial charge in [0.25, 0.3) is 0 Å². The topological polar surface area (TPSA) is 112 Å². The van der Waals surface area contributed by atoms with Gasteiger partial charge in [-0.25, -0.2) is 4.98 Å². The van der Waals surface area contributed by atoms with Gasteiger partial charge >= 0.3 is 0 Å². The van der Waals surface area contributed by atoms with Gasteiger partial charge in [0.05, 0.1) is 20.5 Å². The molecule has 2 heterocycles. The van der Waals surface area contributed by atoms with E-state index >= 15 is 0 Å². The van der Waals surface area contributed by atoms with Crippen LogP contribution in [0.4, 0.5) is 11.8 Å². The number of methoxy groups -OCH3 is 2. The fourth-order valence-corrected chi connectivity index (χ4v) is 5.15. The van der Waals surface area contributed by atoms with Crippen molar-refractivity contribution in [3.63, 3.8) is 0 Å². The Bertz CT molecular complexity index is 1110. The summed E-state index contributed by atoms with van der Waals surface area (Å²) >= 11 is 0. The Morgan fingerprint density at radius 2 is 1.61 bits per heavy atom. The van der Waals surface area contributed by atoms with E-state index in [9.17, 15) is 0 Å². The van der Waals surface area contributed by atoms with Crippen LogP contribution in [0.15, 0.2) is 24.5 Å². The maximum atomic E-state index is 6.10. The highest BCUT2D eigenvalue weighted by Gasteiger charge is 2.24. The first-order valence-electron chi connectivity index (χ1n) is 12.4. The Morgan fingerprint density at radius 3 is 2.25 bits per heavy atom. The predicted molar refractivity (Wildman–Crippen MR) is 148 cm³/mol. The Morgan fingerprint density at radius 1 is 0.944 bits per heavy atom. The van der Waals surface area contributed by atoms with Gasteiger partial charge < -0.3 is 30.4 Å². The maximum absolute atomic E-state index is 6.10. The number of ether oxygens (including phenoxy) is 2. The third-order valence-electron chi connectivity index (χ3n) is 7.12. The smallest absolute Gasteiger partial charge is 0.227 e. The highest BCUT2D eigenvalue weighted by Crippen LogP contribution is 2.33. The van der Waals surface area contributed by atoms with E-state index in [0.29, 0.717) is 30.6 Å². The van der Waals surface area contributed by atoms with Gasteiger partial charge in [0, 0.05) is 30.7 Å². The molecule has 2 aromatic heterocycles. The molecule has 0 atom stereocenters. The number of hydrogen-bond donors (Lipinski definition) is 3. The molecule has 0 radical (unpaired) electrons. The second kappa shape index (κ2) is 12.7. The standard InChI is InChI=1S/C25H35N7O2.2ClH/c1-33-20-11-16(12-21(13-20)34-2)14-27-23-22-24(32(15-28-22)19-5-3-4-6-19)31-25(30-23)29-18-9-7-17(26)8-10-18;;/h11-13,15,17-19H,3-10,14,26H2,1-2H3,(H2,27,29,30,31);2*1H/t17-,18-;;. The number of rotatable bonds is 8. The average Bonchev–Trinajstić information content (AvgIpc) is 3.53. The molecule has 3 aromatic rings. The number of benzene rings is 1. The molecule has 0 bridgehead atoms. The molecule has 198 valence electrons. The monoisotopic (exact) mass is 537 g/mol. The van der Waals surface area contributed by atoms with E-state index in [2.05, 4.69) is 15.2 Å². The lowest BCUT2D eigenvalue weighted by Crippen LogP contribution is -2.33. The Hall–Kier alpha value is -2.49. The lowest BCUT2D eigenvalue weighted by Gasteiger charge is -2.27. The molecule has 0 aliphatic heterocycles. The van der Waals surface area contributed by atoms with Crippen LogP contribution < -0.4 is 25.8 Å². The number of nitrogens with one attached hydrogen (secondary N) is 2. The number of nitrogens with zero attached hydrogens (tertiary/aromatic N) is 4. The van der Waals surface area contributed by atoms with E-state index < -0.39 is 0 Å². The zero-order valence-corrected chi connectivity index (χ0v) is 22.5. The molecule has 0 unspecified atom stereocenters. The zero-order valence-electron chi connectivity index (χ0n) is 20.9. The van der Waals surface area contributed by atoms with Crippen LogP contribution in [0.25, 0.3) is 11.2 Å². The van der Waals surface area contributed by atoms with E-state index in [-0.39, 0.29) is 24.8 Å². The van der Waals surface area contributed by atoms with E-state index in [1.165, 1.54) is 25.7 Å². The molecule has 1 aromatic carbocycles. The zero-order chi connectivity index (χ0) is 23.5. The van der Waals surface area contributed by atoms with Gasteiger partial charge in [-0.15, -0.1) is 24.8 Å². The van der Waals surface area contributed by atoms with Gasteiger partial charge in [0.15, 0.2) is 17.0 Å². The van der Waals surface area contributed by atoms with Crippen LogP contribution in [0.2, 0.25) is 0 Å². The van der Waals surface area contributed by atoms with E-state index in [1.54, 1.807) is 14.2 Å². The summed E-state index contributed by atoms with van der Waals surface area (Å²) in [6.07, 6.45) is 10.9. The van der Waals surface area contributed by atoms with Gasteiger partial charge in [-0.2, -0.15) is 9.97 Å². The molecule has 9 nitrogen and oxygen atoms in total. The molecule has 0 saturated heterocycles. The minimum absolute atomic E-state index is 0. The quantitative estimate of drug-likeness (QED) is 0.364.